The SMILES string of the molecule is CCn1nc(C2CCCC2)nc1C1CCN([C@@H]2CCS(=O)(=O)C2)CC1. The second-order valence-corrected chi connectivity index (χ2v) is 10.2. The highest BCUT2D eigenvalue weighted by Crippen LogP contribution is 2.35. The van der Waals surface area contributed by atoms with Crippen molar-refractivity contribution < 1.29 is 8.42 Å². The van der Waals surface area contributed by atoms with Gasteiger partial charge in [-0.2, -0.15) is 5.10 Å². The number of aromatic nitrogens is 3. The minimum Gasteiger partial charge on any atom is -0.299 e. The molecule has 1 aliphatic carbocycles. The molecule has 3 aliphatic rings. The predicted molar refractivity (Wildman–Crippen MR) is 97.5 cm³/mol. The van der Waals surface area contributed by atoms with Gasteiger partial charge in [0, 0.05) is 24.4 Å². The molecule has 4 rings (SSSR count). The van der Waals surface area contributed by atoms with E-state index in [-0.39, 0.29) is 6.04 Å². The number of hydrogen-bond acceptors (Lipinski definition) is 5. The highest BCUT2D eigenvalue weighted by molar-refractivity contribution is 7.91. The fourth-order valence-electron chi connectivity index (χ4n) is 4.85. The summed E-state index contributed by atoms with van der Waals surface area (Å²) in [6.07, 6.45) is 8.04. The van der Waals surface area contributed by atoms with Gasteiger partial charge < -0.3 is 0 Å². The van der Waals surface area contributed by atoms with Crippen LogP contribution in [0.15, 0.2) is 0 Å². The van der Waals surface area contributed by atoms with E-state index < -0.39 is 9.84 Å². The number of likely N-dealkylation sites (tertiary alicyclic amines) is 1. The van der Waals surface area contributed by atoms with E-state index in [0.717, 1.165) is 44.7 Å². The fraction of sp³-hybridized carbons (Fsp3) is 0.889. The first-order valence-electron chi connectivity index (χ1n) is 9.95. The number of hydrogen-bond donors (Lipinski definition) is 0. The van der Waals surface area contributed by atoms with E-state index in [9.17, 15) is 8.42 Å². The average molecular weight is 367 g/mol. The van der Waals surface area contributed by atoms with Gasteiger partial charge in [0.1, 0.15) is 5.82 Å². The van der Waals surface area contributed by atoms with Crippen molar-refractivity contribution in [3.05, 3.63) is 11.6 Å². The zero-order valence-corrected chi connectivity index (χ0v) is 16.0. The van der Waals surface area contributed by atoms with Crippen LogP contribution in [0.2, 0.25) is 0 Å². The molecule has 0 N–H and O–H groups in total. The van der Waals surface area contributed by atoms with Gasteiger partial charge in [0.25, 0.3) is 0 Å². The molecule has 0 unspecified atom stereocenters. The Bertz CT molecular complexity index is 701. The van der Waals surface area contributed by atoms with Crippen LogP contribution in [0, 0.1) is 0 Å². The van der Waals surface area contributed by atoms with Gasteiger partial charge in [-0.25, -0.2) is 18.1 Å². The minimum atomic E-state index is -2.80. The Balaban J connectivity index is 1.42. The van der Waals surface area contributed by atoms with Crippen LogP contribution in [0.4, 0.5) is 0 Å². The summed E-state index contributed by atoms with van der Waals surface area (Å²) in [4.78, 5) is 7.36. The first kappa shape index (κ1) is 17.5. The number of aryl methyl sites for hydroxylation is 1. The van der Waals surface area contributed by atoms with Crippen molar-refractivity contribution in [1.29, 1.82) is 0 Å². The zero-order valence-electron chi connectivity index (χ0n) is 15.2. The highest BCUT2D eigenvalue weighted by Gasteiger charge is 2.35. The molecule has 1 aromatic heterocycles. The maximum atomic E-state index is 11.7. The van der Waals surface area contributed by atoms with Crippen molar-refractivity contribution in [2.24, 2.45) is 0 Å². The van der Waals surface area contributed by atoms with E-state index in [1.54, 1.807) is 0 Å². The van der Waals surface area contributed by atoms with Crippen LogP contribution in [-0.4, -0.2) is 58.7 Å². The molecule has 2 aliphatic heterocycles. The molecule has 1 aromatic rings. The van der Waals surface area contributed by atoms with Crippen LogP contribution in [0.25, 0.3) is 0 Å². The van der Waals surface area contributed by atoms with Gasteiger partial charge in [-0.1, -0.05) is 12.8 Å². The summed E-state index contributed by atoms with van der Waals surface area (Å²) in [5.74, 6) is 4.00. The van der Waals surface area contributed by atoms with Crippen LogP contribution in [0.1, 0.15) is 75.4 Å². The van der Waals surface area contributed by atoms with Crippen LogP contribution in [-0.2, 0) is 16.4 Å². The lowest BCUT2D eigenvalue weighted by Gasteiger charge is -2.35. The summed E-state index contributed by atoms with van der Waals surface area (Å²) in [6.45, 7) is 5.01. The third-order valence-electron chi connectivity index (χ3n) is 6.36. The molecule has 1 atom stereocenters. The Morgan fingerprint density at radius 2 is 1.76 bits per heavy atom. The van der Waals surface area contributed by atoms with Gasteiger partial charge >= 0.3 is 0 Å². The third kappa shape index (κ3) is 3.63. The topological polar surface area (TPSA) is 68.1 Å². The van der Waals surface area contributed by atoms with Crippen molar-refractivity contribution >= 4 is 9.84 Å². The smallest absolute Gasteiger partial charge is 0.154 e. The minimum absolute atomic E-state index is 0.240. The third-order valence-corrected chi connectivity index (χ3v) is 8.11. The van der Waals surface area contributed by atoms with Gasteiger partial charge in [-0.15, -0.1) is 0 Å². The Morgan fingerprint density at radius 1 is 1.04 bits per heavy atom. The van der Waals surface area contributed by atoms with Crippen LogP contribution in [0.3, 0.4) is 0 Å². The molecule has 0 spiro atoms. The summed E-state index contributed by atoms with van der Waals surface area (Å²) in [7, 11) is -2.80. The molecule has 7 heteroatoms. The molecule has 1 saturated carbocycles. The maximum Gasteiger partial charge on any atom is 0.154 e. The summed E-state index contributed by atoms with van der Waals surface area (Å²) in [5.41, 5.74) is 0. The van der Waals surface area contributed by atoms with Crippen molar-refractivity contribution in [3.8, 4) is 0 Å². The largest absolute Gasteiger partial charge is 0.299 e. The average Bonchev–Trinajstić information content (AvgIpc) is 3.33. The highest BCUT2D eigenvalue weighted by atomic mass is 32.2. The van der Waals surface area contributed by atoms with E-state index in [2.05, 4.69) is 16.5 Å². The number of sulfone groups is 1. The lowest BCUT2D eigenvalue weighted by atomic mass is 9.94. The van der Waals surface area contributed by atoms with Crippen LogP contribution in [0.5, 0.6) is 0 Å². The van der Waals surface area contributed by atoms with Crippen molar-refractivity contribution in [2.75, 3.05) is 24.6 Å². The fourth-order valence-corrected chi connectivity index (χ4v) is 6.61. The molecule has 0 amide bonds. The van der Waals surface area contributed by atoms with E-state index in [0.29, 0.717) is 23.3 Å². The second kappa shape index (κ2) is 6.99. The summed E-state index contributed by atoms with van der Waals surface area (Å²) in [6, 6.07) is 0.240. The van der Waals surface area contributed by atoms with E-state index in [1.165, 1.54) is 31.5 Å². The molecule has 2 saturated heterocycles. The molecular weight excluding hydrogens is 336 g/mol. The molecule has 0 bridgehead atoms. The quantitative estimate of drug-likeness (QED) is 0.818. The zero-order chi connectivity index (χ0) is 17.4. The summed E-state index contributed by atoms with van der Waals surface area (Å²) in [5, 5.41) is 4.81. The lowest BCUT2D eigenvalue weighted by Crippen LogP contribution is -2.42. The number of nitrogens with zero attached hydrogens (tertiary/aromatic N) is 4. The van der Waals surface area contributed by atoms with Gasteiger partial charge in [0.15, 0.2) is 15.7 Å². The Labute approximate surface area is 150 Å². The molecule has 3 heterocycles. The standard InChI is InChI=1S/C18H30N4O2S/c1-2-22-18(19-17(20-22)14-5-3-4-6-14)15-7-10-21(11-8-15)16-9-12-25(23,24)13-16/h14-16H,2-13H2,1H3/t16-/m1/s1. The van der Waals surface area contributed by atoms with Crippen molar-refractivity contribution in [1.82, 2.24) is 19.7 Å². The molecular formula is C18H30N4O2S. The Morgan fingerprint density at radius 3 is 2.36 bits per heavy atom. The Hall–Kier alpha value is -0.950. The molecule has 0 aromatic carbocycles. The molecule has 140 valence electrons. The number of piperidine rings is 1. The van der Waals surface area contributed by atoms with Gasteiger partial charge in [0.05, 0.1) is 11.5 Å². The first-order chi connectivity index (χ1) is 12.1. The summed E-state index contributed by atoms with van der Waals surface area (Å²) < 4.78 is 25.6. The second-order valence-electron chi connectivity index (χ2n) is 7.99. The predicted octanol–water partition coefficient (Wildman–Crippen LogP) is 2.32. The van der Waals surface area contributed by atoms with Crippen LogP contribution >= 0.6 is 0 Å². The maximum absolute atomic E-state index is 11.7. The molecule has 25 heavy (non-hydrogen) atoms. The van der Waals surface area contributed by atoms with Gasteiger partial charge in [-0.3, -0.25) is 4.90 Å². The van der Waals surface area contributed by atoms with E-state index in [1.807, 2.05) is 0 Å². The number of rotatable bonds is 4. The Kier molecular flexibility index (Phi) is 4.88. The van der Waals surface area contributed by atoms with E-state index >= 15 is 0 Å². The van der Waals surface area contributed by atoms with Crippen molar-refractivity contribution in [3.63, 3.8) is 0 Å². The van der Waals surface area contributed by atoms with E-state index in [4.69, 9.17) is 10.1 Å². The lowest BCUT2D eigenvalue weighted by molar-refractivity contribution is 0.161. The molecule has 6 nitrogen and oxygen atoms in total. The van der Waals surface area contributed by atoms with Crippen molar-refractivity contribution in [2.45, 2.75) is 76.3 Å². The van der Waals surface area contributed by atoms with Crippen LogP contribution < -0.4 is 0 Å². The van der Waals surface area contributed by atoms with Gasteiger partial charge in [-0.05, 0) is 52.1 Å². The monoisotopic (exact) mass is 366 g/mol. The normalized spacial score (nSPS) is 28.8. The van der Waals surface area contributed by atoms with Gasteiger partial charge in [0.2, 0.25) is 0 Å². The molecule has 3 fully saturated rings. The molecule has 0 radical (unpaired) electrons. The summed E-state index contributed by atoms with van der Waals surface area (Å²) >= 11 is 0. The first-order valence-corrected chi connectivity index (χ1v) is 11.8.